The maximum Gasteiger partial charge on any atom is 0.309 e. The zero-order chi connectivity index (χ0) is 43.6. The lowest BCUT2D eigenvalue weighted by molar-refractivity contribution is -0.145. The van der Waals surface area contributed by atoms with Gasteiger partial charge in [-0.2, -0.15) is 0 Å². The van der Waals surface area contributed by atoms with Gasteiger partial charge in [0.25, 0.3) is 0 Å². The Labute approximate surface area is 374 Å². The van der Waals surface area contributed by atoms with Crippen molar-refractivity contribution in [2.45, 2.75) is 57.3 Å². The number of nitrogens with one attached hydrogen (secondary N) is 1. The van der Waals surface area contributed by atoms with Crippen LogP contribution in [0, 0.1) is 35.5 Å². The first kappa shape index (κ1) is 45.8. The number of ether oxygens (including phenoxy) is 3. The number of pyridine rings is 2. The Morgan fingerprint density at radius 3 is 1.84 bits per heavy atom. The number of aliphatic carboxylic acids is 1. The van der Waals surface area contributed by atoms with Gasteiger partial charge >= 0.3 is 11.9 Å². The van der Waals surface area contributed by atoms with Gasteiger partial charge in [0.05, 0.1) is 56.4 Å². The number of alkyl halides is 1. The second-order valence-corrected chi connectivity index (χ2v) is 17.2. The lowest BCUT2D eigenvalue weighted by Crippen LogP contribution is -2.25. The highest BCUT2D eigenvalue weighted by Crippen LogP contribution is 2.44. The molecule has 0 spiro atoms. The second-order valence-electron chi connectivity index (χ2n) is 15.8. The summed E-state index contributed by atoms with van der Waals surface area (Å²) >= 11 is 15.0. The molecule has 0 amide bonds. The fourth-order valence-corrected chi connectivity index (χ4v) is 7.40. The Balaban J connectivity index is 0.000000173. The number of aromatic nitrogens is 2. The van der Waals surface area contributed by atoms with Crippen molar-refractivity contribution in [3.05, 3.63) is 106 Å². The monoisotopic (exact) mass is 936 g/mol. The molecule has 0 saturated heterocycles. The number of hydrogen-bond donors (Lipinski definition) is 2. The van der Waals surface area contributed by atoms with Gasteiger partial charge in [-0.3, -0.25) is 19.2 Å². The van der Waals surface area contributed by atoms with E-state index in [0.29, 0.717) is 54.1 Å². The summed E-state index contributed by atoms with van der Waals surface area (Å²) in [4.78, 5) is 58.8. The predicted molar refractivity (Wildman–Crippen MR) is 238 cm³/mol. The molecule has 2 N–H and O–H groups in total. The van der Waals surface area contributed by atoms with Crippen LogP contribution in [-0.4, -0.2) is 72.5 Å². The van der Waals surface area contributed by atoms with E-state index < -0.39 is 17.8 Å². The van der Waals surface area contributed by atoms with E-state index in [2.05, 4.69) is 36.1 Å². The largest absolute Gasteiger partial charge is 0.494 e. The molecule has 4 fully saturated rings. The molecule has 0 bridgehead atoms. The standard InChI is InChI=1S/C22H23ClN2O4.C17H22N2O4.C7H6BrCl/c1-29-19-8-16(10-24-20(19)21(26)17-9-18(17)22(27)28)25(11-13-2-3-13)12-14-4-6-15(23)7-5-14;1-3-23-17(21)13-7-12(13)16(20)15-14(22-2)6-11(9-19-15)18-8-10-4-5-10;8-5-6-1-3-7(9)4-2-6/h4-8,10,13,17-18H,2-3,9,11-12H2,1H3,(H,27,28);6,9-10,12-13,18H,3-5,7-8H2,1-2H3;1-4H,5H2. The maximum absolute atomic E-state index is 12.7. The Bertz CT molecular complexity index is 2170. The van der Waals surface area contributed by atoms with E-state index in [4.69, 9.17) is 42.5 Å². The number of carbonyl (C=O) groups excluding carboxylic acids is 3. The summed E-state index contributed by atoms with van der Waals surface area (Å²) in [6, 6.07) is 19.2. The van der Waals surface area contributed by atoms with Crippen molar-refractivity contribution < 1.29 is 38.5 Å². The van der Waals surface area contributed by atoms with Crippen LogP contribution < -0.4 is 19.7 Å². The minimum atomic E-state index is -0.933. The summed E-state index contributed by atoms with van der Waals surface area (Å²) in [6.45, 7) is 4.62. The number of anilines is 2. The number of carboxylic acids is 1. The first-order valence-corrected chi connectivity index (χ1v) is 22.4. The summed E-state index contributed by atoms with van der Waals surface area (Å²) in [5.74, 6) is -1.16. The number of carboxylic acid groups (broad SMARTS) is 1. The highest BCUT2D eigenvalue weighted by molar-refractivity contribution is 9.08. The van der Waals surface area contributed by atoms with E-state index >= 15 is 0 Å². The third kappa shape index (κ3) is 13.1. The number of hydrogen-bond acceptors (Lipinski definition) is 11. The number of esters is 1. The first-order valence-electron chi connectivity index (χ1n) is 20.5. The number of halogens is 3. The molecule has 4 atom stereocenters. The van der Waals surface area contributed by atoms with Gasteiger partial charge in [-0.15, -0.1) is 0 Å². The molecule has 0 aliphatic heterocycles. The molecule has 0 radical (unpaired) electrons. The number of rotatable bonds is 18. The normalized spacial score (nSPS) is 19.4. The molecule has 2 aromatic heterocycles. The van der Waals surface area contributed by atoms with Crippen LogP contribution >= 0.6 is 39.1 Å². The number of Topliss-reactive ketones (excluding diaryl/α,β-unsaturated/α-hetero) is 2. The van der Waals surface area contributed by atoms with Crippen molar-refractivity contribution in [3.8, 4) is 11.5 Å². The van der Waals surface area contributed by atoms with Crippen LogP contribution in [0.1, 0.15) is 77.6 Å². The molecule has 4 aliphatic carbocycles. The predicted octanol–water partition coefficient (Wildman–Crippen LogP) is 9.59. The van der Waals surface area contributed by atoms with E-state index in [1.165, 1.54) is 45.5 Å². The van der Waals surface area contributed by atoms with Crippen LogP contribution in [0.3, 0.4) is 0 Å². The molecular formula is C46H51BrCl2N4O8. The van der Waals surface area contributed by atoms with Crippen LogP contribution in [0.4, 0.5) is 11.4 Å². The van der Waals surface area contributed by atoms with E-state index in [0.717, 1.165) is 46.3 Å². The van der Waals surface area contributed by atoms with E-state index in [1.807, 2.05) is 54.6 Å². The number of methoxy groups -OCH3 is 2. The van der Waals surface area contributed by atoms with Crippen LogP contribution in [0.25, 0.3) is 0 Å². The first-order chi connectivity index (χ1) is 29.4. The second kappa shape index (κ2) is 21.4. The number of ketones is 2. The highest BCUT2D eigenvalue weighted by atomic mass is 79.9. The number of benzene rings is 2. The summed E-state index contributed by atoms with van der Waals surface area (Å²) in [7, 11) is 3.03. The molecule has 15 heteroatoms. The molecule has 4 aliphatic rings. The number of carbonyl (C=O) groups is 4. The van der Waals surface area contributed by atoms with Crippen LogP contribution in [0.2, 0.25) is 10.0 Å². The van der Waals surface area contributed by atoms with Gasteiger partial charge in [-0.25, -0.2) is 9.97 Å². The molecular weight excluding hydrogens is 887 g/mol. The Kier molecular flexibility index (Phi) is 16.1. The maximum atomic E-state index is 12.7. The fourth-order valence-electron chi connectivity index (χ4n) is 6.77. The minimum absolute atomic E-state index is 0.145. The van der Waals surface area contributed by atoms with E-state index in [9.17, 15) is 19.2 Å². The van der Waals surface area contributed by atoms with Gasteiger partial charge in [-0.1, -0.05) is 63.4 Å². The summed E-state index contributed by atoms with van der Waals surface area (Å²) < 4.78 is 15.7. The van der Waals surface area contributed by atoms with E-state index in [-0.39, 0.29) is 35.1 Å². The van der Waals surface area contributed by atoms with Crippen molar-refractivity contribution >= 4 is 74.0 Å². The topological polar surface area (TPSA) is 157 Å². The Hall–Kier alpha value is -4.72. The van der Waals surface area contributed by atoms with E-state index in [1.54, 1.807) is 25.4 Å². The molecule has 2 heterocycles. The summed E-state index contributed by atoms with van der Waals surface area (Å²) in [5, 5.41) is 14.8. The van der Waals surface area contributed by atoms with Gasteiger partial charge in [0, 0.05) is 59.0 Å². The Morgan fingerprint density at radius 2 is 1.31 bits per heavy atom. The third-order valence-corrected chi connectivity index (χ3v) is 12.1. The van der Waals surface area contributed by atoms with Gasteiger partial charge in [0.15, 0.2) is 11.6 Å². The molecule has 2 aromatic carbocycles. The molecule has 12 nitrogen and oxygen atoms in total. The fraction of sp³-hybridized carbons (Fsp3) is 0.435. The summed E-state index contributed by atoms with van der Waals surface area (Å²) in [5.41, 5.74) is 4.62. The van der Waals surface area contributed by atoms with Crippen molar-refractivity contribution in [2.75, 3.05) is 44.1 Å². The minimum Gasteiger partial charge on any atom is -0.494 e. The van der Waals surface area contributed by atoms with Crippen LogP contribution in [0.15, 0.2) is 73.1 Å². The molecule has 61 heavy (non-hydrogen) atoms. The van der Waals surface area contributed by atoms with Crippen molar-refractivity contribution in [1.29, 1.82) is 0 Å². The van der Waals surface area contributed by atoms with Gasteiger partial charge in [0.2, 0.25) is 0 Å². The highest BCUT2D eigenvalue weighted by Gasteiger charge is 2.51. The van der Waals surface area contributed by atoms with Crippen molar-refractivity contribution in [1.82, 2.24) is 9.97 Å². The molecule has 324 valence electrons. The third-order valence-electron chi connectivity index (χ3n) is 10.9. The average molecular weight is 939 g/mol. The zero-order valence-electron chi connectivity index (χ0n) is 34.5. The smallest absolute Gasteiger partial charge is 0.309 e. The SMILES string of the molecule is CCOC(=O)C1CC1C(=O)c1ncc(NCC2CC2)cc1OC.COc1cc(N(Cc2ccc(Cl)cc2)CC2CC2)cnc1C(=O)C1CC1C(=O)O.Clc1ccc(CBr)cc1. The average Bonchev–Trinajstić information content (AvgIpc) is 4.04. The molecule has 4 aromatic rings. The Morgan fingerprint density at radius 1 is 0.770 bits per heavy atom. The zero-order valence-corrected chi connectivity index (χ0v) is 37.5. The molecule has 8 rings (SSSR count). The quantitative estimate of drug-likeness (QED) is 0.0554. The lowest BCUT2D eigenvalue weighted by Gasteiger charge is -2.25. The van der Waals surface area contributed by atoms with Crippen molar-refractivity contribution in [2.24, 2.45) is 35.5 Å². The number of nitrogens with zero attached hydrogens (tertiary/aromatic N) is 3. The van der Waals surface area contributed by atoms with Gasteiger partial charge < -0.3 is 29.5 Å². The molecule has 4 unspecified atom stereocenters. The molecule has 4 saturated carbocycles. The van der Waals surface area contributed by atoms with Crippen molar-refractivity contribution in [3.63, 3.8) is 0 Å². The van der Waals surface area contributed by atoms with Gasteiger partial charge in [-0.05, 0) is 92.7 Å². The van der Waals surface area contributed by atoms with Crippen LogP contribution in [0.5, 0.6) is 11.5 Å². The lowest BCUT2D eigenvalue weighted by atomic mass is 10.1. The van der Waals surface area contributed by atoms with Gasteiger partial charge in [0.1, 0.15) is 22.9 Å². The van der Waals surface area contributed by atoms with Crippen LogP contribution in [-0.2, 0) is 26.2 Å². The summed E-state index contributed by atoms with van der Waals surface area (Å²) in [6.07, 6.45) is 9.21.